The Balaban J connectivity index is 1.69. The molecule has 0 spiro atoms. The number of nitrogens with zero attached hydrogens (tertiary/aromatic N) is 4. The van der Waals surface area contributed by atoms with Crippen molar-refractivity contribution in [2.45, 2.75) is 47.6 Å². The minimum absolute atomic E-state index is 0.353. The highest BCUT2D eigenvalue weighted by molar-refractivity contribution is 5.63. The van der Waals surface area contributed by atoms with Crippen LogP contribution in [-0.2, 0) is 0 Å². The van der Waals surface area contributed by atoms with Gasteiger partial charge in [0.15, 0.2) is 0 Å². The first-order valence-electron chi connectivity index (χ1n) is 11.1. The molecule has 2 aliphatic rings. The zero-order chi connectivity index (χ0) is 22.7. The highest BCUT2D eigenvalue weighted by atomic mass is 15.4. The van der Waals surface area contributed by atoms with E-state index in [0.717, 1.165) is 49.2 Å². The first-order chi connectivity index (χ1) is 14.7. The average Bonchev–Trinajstić information content (AvgIpc) is 3.35. The van der Waals surface area contributed by atoms with Gasteiger partial charge in [0.05, 0.1) is 18.5 Å². The van der Waals surface area contributed by atoms with E-state index in [1.165, 1.54) is 22.4 Å². The molecule has 2 fully saturated rings. The summed E-state index contributed by atoms with van der Waals surface area (Å²) in [5, 5.41) is 3.30. The number of nitrogens with one attached hydrogen (secondary N) is 1. The standard InChI is InChI=1S/C26H37N5/c1-9-25(20(5)14-19(4)18(2)3)30-13-12-29(17-30)22(7)24-10-11-26(28-16-24)31-21(6)15-27-23(31)8/h9-11,14,16,21,27H,7-8,12-13,15,17H2,1-6H3/b20-14-,25-9-. The Kier molecular flexibility index (Phi) is 6.94. The second-order valence-electron chi connectivity index (χ2n) is 8.75. The molecule has 1 N–H and O–H groups in total. The number of pyridine rings is 1. The van der Waals surface area contributed by atoms with Crippen LogP contribution in [-0.4, -0.2) is 47.1 Å². The van der Waals surface area contributed by atoms with Gasteiger partial charge in [0.25, 0.3) is 0 Å². The molecule has 0 radical (unpaired) electrons. The van der Waals surface area contributed by atoms with Gasteiger partial charge in [-0.15, -0.1) is 0 Å². The van der Waals surface area contributed by atoms with E-state index in [-0.39, 0.29) is 0 Å². The Morgan fingerprint density at radius 2 is 1.87 bits per heavy atom. The molecule has 3 rings (SSSR count). The zero-order valence-electron chi connectivity index (χ0n) is 20.0. The van der Waals surface area contributed by atoms with Crippen molar-refractivity contribution in [3.05, 3.63) is 77.4 Å². The molecule has 5 nitrogen and oxygen atoms in total. The summed E-state index contributed by atoms with van der Waals surface area (Å²) in [6.45, 7) is 25.1. The molecule has 2 aliphatic heterocycles. The summed E-state index contributed by atoms with van der Waals surface area (Å²) in [7, 11) is 0. The topological polar surface area (TPSA) is 34.6 Å². The van der Waals surface area contributed by atoms with E-state index in [1.807, 2.05) is 6.20 Å². The fourth-order valence-corrected chi connectivity index (χ4v) is 4.16. The summed E-state index contributed by atoms with van der Waals surface area (Å²) in [5.74, 6) is 1.83. The molecular weight excluding hydrogens is 382 g/mol. The summed E-state index contributed by atoms with van der Waals surface area (Å²) in [6.07, 6.45) is 6.43. The van der Waals surface area contributed by atoms with Gasteiger partial charge in [-0.1, -0.05) is 36.5 Å². The predicted molar refractivity (Wildman–Crippen MR) is 132 cm³/mol. The summed E-state index contributed by atoms with van der Waals surface area (Å²) < 4.78 is 0. The molecule has 0 saturated carbocycles. The molecule has 0 amide bonds. The lowest BCUT2D eigenvalue weighted by molar-refractivity contribution is 0.362. The van der Waals surface area contributed by atoms with E-state index >= 15 is 0 Å². The lowest BCUT2D eigenvalue weighted by atomic mass is 10.1. The van der Waals surface area contributed by atoms with Crippen LogP contribution in [0.1, 0.15) is 47.1 Å². The van der Waals surface area contributed by atoms with Gasteiger partial charge in [-0.05, 0) is 59.2 Å². The molecule has 1 unspecified atom stereocenters. The second-order valence-corrected chi connectivity index (χ2v) is 8.75. The number of rotatable bonds is 6. The fraction of sp³-hybridized carbons (Fsp3) is 0.423. The molecule has 0 aliphatic carbocycles. The minimum Gasteiger partial charge on any atom is -0.370 e. The third-order valence-electron chi connectivity index (χ3n) is 6.26. The molecule has 31 heavy (non-hydrogen) atoms. The molecule has 2 saturated heterocycles. The van der Waals surface area contributed by atoms with Crippen LogP contribution in [0.25, 0.3) is 5.70 Å². The van der Waals surface area contributed by atoms with E-state index in [4.69, 9.17) is 4.98 Å². The number of hydrogen-bond donors (Lipinski definition) is 1. The molecule has 0 aromatic carbocycles. The van der Waals surface area contributed by atoms with Crippen LogP contribution in [0, 0.1) is 0 Å². The van der Waals surface area contributed by atoms with Gasteiger partial charge in [0.1, 0.15) is 5.82 Å². The van der Waals surface area contributed by atoms with E-state index in [2.05, 4.69) is 99.0 Å². The van der Waals surface area contributed by atoms with Crippen LogP contribution in [0.3, 0.4) is 0 Å². The van der Waals surface area contributed by atoms with E-state index < -0.39 is 0 Å². The van der Waals surface area contributed by atoms with Crippen molar-refractivity contribution in [3.63, 3.8) is 0 Å². The number of anilines is 1. The Morgan fingerprint density at radius 1 is 1.16 bits per heavy atom. The molecule has 3 heterocycles. The summed E-state index contributed by atoms with van der Waals surface area (Å²) >= 11 is 0. The van der Waals surface area contributed by atoms with Crippen molar-refractivity contribution in [1.82, 2.24) is 20.1 Å². The zero-order valence-corrected chi connectivity index (χ0v) is 20.0. The molecule has 1 aromatic rings. The summed E-state index contributed by atoms with van der Waals surface area (Å²) in [4.78, 5) is 11.6. The number of allylic oxidation sites excluding steroid dienone is 5. The van der Waals surface area contributed by atoms with Crippen molar-refractivity contribution < 1.29 is 0 Å². The largest absolute Gasteiger partial charge is 0.370 e. The van der Waals surface area contributed by atoms with Gasteiger partial charge in [-0.25, -0.2) is 4.98 Å². The van der Waals surface area contributed by atoms with E-state index in [9.17, 15) is 0 Å². The highest BCUT2D eigenvalue weighted by Gasteiger charge is 2.26. The van der Waals surface area contributed by atoms with Gasteiger partial charge in [0, 0.05) is 42.8 Å². The normalized spacial score (nSPS) is 19.7. The third-order valence-corrected chi connectivity index (χ3v) is 6.26. The maximum Gasteiger partial charge on any atom is 0.134 e. The van der Waals surface area contributed by atoms with Gasteiger partial charge < -0.3 is 20.0 Å². The van der Waals surface area contributed by atoms with E-state index in [1.54, 1.807) is 0 Å². The molecule has 0 bridgehead atoms. The minimum atomic E-state index is 0.353. The van der Waals surface area contributed by atoms with Crippen molar-refractivity contribution >= 4 is 11.5 Å². The first kappa shape index (κ1) is 22.7. The van der Waals surface area contributed by atoms with Gasteiger partial charge >= 0.3 is 0 Å². The van der Waals surface area contributed by atoms with Crippen LogP contribution < -0.4 is 10.2 Å². The van der Waals surface area contributed by atoms with Crippen LogP contribution >= 0.6 is 0 Å². The lowest BCUT2D eigenvalue weighted by Gasteiger charge is -2.26. The van der Waals surface area contributed by atoms with Gasteiger partial charge in [-0.2, -0.15) is 0 Å². The Labute approximate surface area is 188 Å². The SMILES string of the molecule is C=C(c1ccc(N2C(=C)NCC2C)nc1)N1CCN(C(=C\C)/C(C)=C\C(C)=C(C)C)C1. The maximum atomic E-state index is 4.70. The highest BCUT2D eigenvalue weighted by Crippen LogP contribution is 2.28. The van der Waals surface area contributed by atoms with Crippen LogP contribution in [0.2, 0.25) is 0 Å². The summed E-state index contributed by atoms with van der Waals surface area (Å²) in [5.41, 5.74) is 7.35. The van der Waals surface area contributed by atoms with Gasteiger partial charge in [-0.3, -0.25) is 0 Å². The fourth-order valence-electron chi connectivity index (χ4n) is 4.16. The monoisotopic (exact) mass is 419 g/mol. The maximum absolute atomic E-state index is 4.70. The first-order valence-corrected chi connectivity index (χ1v) is 11.1. The second kappa shape index (κ2) is 9.46. The molecular formula is C26H37N5. The van der Waals surface area contributed by atoms with Gasteiger partial charge in [0.2, 0.25) is 0 Å². The molecule has 1 aromatic heterocycles. The van der Waals surface area contributed by atoms with Crippen molar-refractivity contribution in [1.29, 1.82) is 0 Å². The predicted octanol–water partition coefficient (Wildman–Crippen LogP) is 5.10. The lowest BCUT2D eigenvalue weighted by Crippen LogP contribution is -2.27. The Hall–Kier alpha value is -2.95. The molecule has 5 heteroatoms. The quantitative estimate of drug-likeness (QED) is 0.649. The van der Waals surface area contributed by atoms with Crippen LogP contribution in [0.4, 0.5) is 5.82 Å². The van der Waals surface area contributed by atoms with E-state index in [0.29, 0.717) is 6.04 Å². The number of aromatic nitrogens is 1. The van der Waals surface area contributed by atoms with Crippen molar-refractivity contribution in [2.24, 2.45) is 0 Å². The third kappa shape index (κ3) is 4.87. The van der Waals surface area contributed by atoms with Crippen molar-refractivity contribution in [2.75, 3.05) is 31.2 Å². The number of hydrogen-bond acceptors (Lipinski definition) is 5. The smallest absolute Gasteiger partial charge is 0.134 e. The summed E-state index contributed by atoms with van der Waals surface area (Å²) in [6, 6.07) is 4.54. The molecule has 166 valence electrons. The molecule has 1 atom stereocenters. The van der Waals surface area contributed by atoms with Crippen molar-refractivity contribution in [3.8, 4) is 0 Å². The Bertz CT molecular complexity index is 931. The Morgan fingerprint density at radius 3 is 2.42 bits per heavy atom. The average molecular weight is 420 g/mol. The van der Waals surface area contributed by atoms with Crippen LogP contribution in [0.5, 0.6) is 0 Å². The van der Waals surface area contributed by atoms with Crippen LogP contribution in [0.15, 0.2) is 71.9 Å².